The highest BCUT2D eigenvalue weighted by molar-refractivity contribution is 7.83. The van der Waals surface area contributed by atoms with Crippen LogP contribution in [0, 0.1) is 0 Å². The van der Waals surface area contributed by atoms with Crippen LogP contribution in [0.2, 0.25) is 0 Å². The van der Waals surface area contributed by atoms with Crippen LogP contribution in [-0.4, -0.2) is 47.4 Å². The molecule has 3 N–H and O–H groups in total. The molecule has 0 aromatic carbocycles. The Labute approximate surface area is 58.6 Å². The Morgan fingerprint density at radius 1 is 1.50 bits per heavy atom. The minimum Gasteiger partial charge on any atom is -0.367 e. The smallest absolute Gasteiger partial charge is 0.335 e. The molecule has 0 aliphatic heterocycles. The molecule has 0 spiro atoms. The van der Waals surface area contributed by atoms with Crippen molar-refractivity contribution >= 4 is 10.3 Å². The van der Waals surface area contributed by atoms with Gasteiger partial charge in [0.25, 0.3) is 0 Å². The normalized spacial score (nSPS) is 13.0. The van der Waals surface area contributed by atoms with Gasteiger partial charge in [0.1, 0.15) is 0 Å². The van der Waals surface area contributed by atoms with Crippen LogP contribution in [0.5, 0.6) is 0 Å². The van der Waals surface area contributed by atoms with Crippen molar-refractivity contribution < 1.29 is 23.2 Å². The Kier molecular flexibility index (Phi) is 3.19. The quantitative estimate of drug-likeness (QED) is 0.338. The van der Waals surface area contributed by atoms with E-state index in [0.29, 0.717) is 4.31 Å². The van der Waals surface area contributed by atoms with Crippen LogP contribution in [0.15, 0.2) is 0 Å². The molecule has 6 nitrogen and oxygen atoms in total. The number of hydrogen-bond donors (Lipinski definition) is 3. The molecular formula is C3H9NO5S. The first-order valence-electron chi connectivity index (χ1n) is 2.39. The maximum absolute atomic E-state index is 10.1. The Morgan fingerprint density at radius 2 is 1.90 bits per heavy atom. The van der Waals surface area contributed by atoms with E-state index in [9.17, 15) is 8.42 Å². The molecule has 0 fully saturated rings. The number of aliphatic hydroxyl groups is 2. The van der Waals surface area contributed by atoms with E-state index in [1.54, 1.807) is 0 Å². The SMILES string of the molecule is CN(CC(O)O)S(=O)(=O)O. The van der Waals surface area contributed by atoms with E-state index in [1.807, 2.05) is 0 Å². The van der Waals surface area contributed by atoms with E-state index < -0.39 is 23.1 Å². The summed E-state index contributed by atoms with van der Waals surface area (Å²) in [6.07, 6.45) is -1.77. The number of rotatable bonds is 3. The van der Waals surface area contributed by atoms with Gasteiger partial charge in [0.05, 0.1) is 6.54 Å². The highest BCUT2D eigenvalue weighted by Gasteiger charge is 2.15. The van der Waals surface area contributed by atoms with Gasteiger partial charge < -0.3 is 10.2 Å². The second-order valence-electron chi connectivity index (χ2n) is 1.74. The van der Waals surface area contributed by atoms with Crippen LogP contribution in [0.4, 0.5) is 0 Å². The molecule has 0 atom stereocenters. The van der Waals surface area contributed by atoms with E-state index in [0.717, 1.165) is 7.05 Å². The summed E-state index contributed by atoms with van der Waals surface area (Å²) < 4.78 is 28.9. The standard InChI is InChI=1S/C3H9NO5S/c1-4(2-3(5)6)10(7,8)9/h3,5-6H,2H2,1H3,(H,7,8,9). The summed E-state index contributed by atoms with van der Waals surface area (Å²) in [6, 6.07) is 0. The first kappa shape index (κ1) is 9.79. The molecular weight excluding hydrogens is 162 g/mol. The Balaban J connectivity index is 3.99. The molecule has 0 heterocycles. The van der Waals surface area contributed by atoms with Crippen molar-refractivity contribution in [2.45, 2.75) is 6.29 Å². The molecule has 10 heavy (non-hydrogen) atoms. The highest BCUT2D eigenvalue weighted by atomic mass is 32.2. The summed E-state index contributed by atoms with van der Waals surface area (Å²) in [6.45, 7) is -0.543. The third-order valence-corrected chi connectivity index (χ3v) is 1.75. The van der Waals surface area contributed by atoms with Crippen molar-refractivity contribution in [3.8, 4) is 0 Å². The predicted octanol–water partition coefficient (Wildman–Crippen LogP) is -1.97. The molecule has 0 bridgehead atoms. The van der Waals surface area contributed by atoms with Crippen molar-refractivity contribution in [2.75, 3.05) is 13.6 Å². The van der Waals surface area contributed by atoms with Crippen molar-refractivity contribution in [3.05, 3.63) is 0 Å². The van der Waals surface area contributed by atoms with E-state index in [1.165, 1.54) is 0 Å². The van der Waals surface area contributed by atoms with Crippen molar-refractivity contribution in [3.63, 3.8) is 0 Å². The Bertz CT molecular complexity index is 185. The number of likely N-dealkylation sites (N-methyl/N-ethyl adjacent to an activating group) is 1. The van der Waals surface area contributed by atoms with Gasteiger partial charge in [-0.15, -0.1) is 0 Å². The lowest BCUT2D eigenvalue weighted by molar-refractivity contribution is -0.0477. The molecule has 0 saturated carbocycles. The van der Waals surface area contributed by atoms with Crippen LogP contribution in [0.25, 0.3) is 0 Å². The summed E-state index contributed by atoms with van der Waals surface area (Å²) in [4.78, 5) is 0. The summed E-state index contributed by atoms with van der Waals surface area (Å²) >= 11 is 0. The molecule has 0 amide bonds. The largest absolute Gasteiger partial charge is 0.367 e. The third-order valence-electron chi connectivity index (χ3n) is 0.814. The van der Waals surface area contributed by atoms with Crippen molar-refractivity contribution in [1.82, 2.24) is 4.31 Å². The summed E-state index contributed by atoms with van der Waals surface area (Å²) in [5, 5.41) is 16.4. The zero-order valence-electron chi connectivity index (χ0n) is 5.30. The molecule has 0 aliphatic carbocycles. The fourth-order valence-electron chi connectivity index (χ4n) is 0.324. The molecule has 0 aromatic heterocycles. The van der Waals surface area contributed by atoms with Crippen LogP contribution < -0.4 is 0 Å². The van der Waals surface area contributed by atoms with Crippen LogP contribution in [0.3, 0.4) is 0 Å². The van der Waals surface area contributed by atoms with Gasteiger partial charge in [-0.25, -0.2) is 0 Å². The fraction of sp³-hybridized carbons (Fsp3) is 1.00. The summed E-state index contributed by atoms with van der Waals surface area (Å²) in [7, 11) is -3.26. The second kappa shape index (κ2) is 3.26. The van der Waals surface area contributed by atoms with E-state index in [-0.39, 0.29) is 0 Å². The van der Waals surface area contributed by atoms with Gasteiger partial charge in [-0.2, -0.15) is 12.7 Å². The Hall–Kier alpha value is -0.210. The molecule has 0 saturated heterocycles. The van der Waals surface area contributed by atoms with E-state index >= 15 is 0 Å². The van der Waals surface area contributed by atoms with Gasteiger partial charge in [0.15, 0.2) is 6.29 Å². The minimum absolute atomic E-state index is 0.414. The average molecular weight is 171 g/mol. The van der Waals surface area contributed by atoms with Gasteiger partial charge >= 0.3 is 10.3 Å². The number of aliphatic hydroxyl groups excluding tert-OH is 1. The average Bonchev–Trinajstić information content (AvgIpc) is 1.60. The Morgan fingerprint density at radius 3 is 2.00 bits per heavy atom. The van der Waals surface area contributed by atoms with E-state index in [4.69, 9.17) is 14.8 Å². The van der Waals surface area contributed by atoms with Gasteiger partial charge in [-0.1, -0.05) is 0 Å². The van der Waals surface area contributed by atoms with E-state index in [2.05, 4.69) is 0 Å². The molecule has 7 heteroatoms. The van der Waals surface area contributed by atoms with Crippen molar-refractivity contribution in [2.24, 2.45) is 0 Å². The predicted molar refractivity (Wildman–Crippen MR) is 32.4 cm³/mol. The third kappa shape index (κ3) is 3.75. The molecule has 62 valence electrons. The first-order valence-corrected chi connectivity index (χ1v) is 3.78. The maximum atomic E-state index is 10.1. The van der Waals surface area contributed by atoms with Crippen LogP contribution >= 0.6 is 0 Å². The molecule has 0 aromatic rings. The molecule has 0 unspecified atom stereocenters. The molecule has 0 rings (SSSR count). The number of hydrogen-bond acceptors (Lipinski definition) is 4. The van der Waals surface area contributed by atoms with Gasteiger partial charge in [-0.05, 0) is 0 Å². The van der Waals surface area contributed by atoms with Crippen LogP contribution in [-0.2, 0) is 10.3 Å². The van der Waals surface area contributed by atoms with Gasteiger partial charge in [-0.3, -0.25) is 4.55 Å². The number of nitrogens with zero attached hydrogens (tertiary/aromatic N) is 1. The fourth-order valence-corrected chi connectivity index (χ4v) is 0.646. The summed E-state index contributed by atoms with van der Waals surface area (Å²) in [5.74, 6) is 0. The summed E-state index contributed by atoms with van der Waals surface area (Å²) in [5.41, 5.74) is 0. The lowest BCUT2D eigenvalue weighted by atomic mass is 10.6. The zero-order valence-corrected chi connectivity index (χ0v) is 6.11. The van der Waals surface area contributed by atoms with Crippen LogP contribution in [0.1, 0.15) is 0 Å². The van der Waals surface area contributed by atoms with Gasteiger partial charge in [0.2, 0.25) is 0 Å². The van der Waals surface area contributed by atoms with Gasteiger partial charge in [0, 0.05) is 7.05 Å². The highest BCUT2D eigenvalue weighted by Crippen LogP contribution is 1.92. The maximum Gasteiger partial charge on any atom is 0.335 e. The minimum atomic E-state index is -4.28. The molecule has 0 aliphatic rings. The monoisotopic (exact) mass is 171 g/mol. The molecule has 0 radical (unpaired) electrons. The lowest BCUT2D eigenvalue weighted by Crippen LogP contribution is -2.33. The van der Waals surface area contributed by atoms with Crippen molar-refractivity contribution in [1.29, 1.82) is 0 Å². The second-order valence-corrected chi connectivity index (χ2v) is 3.26. The first-order chi connectivity index (χ1) is 4.34. The zero-order chi connectivity index (χ0) is 8.36. The topological polar surface area (TPSA) is 98.1 Å². The lowest BCUT2D eigenvalue weighted by Gasteiger charge is -2.12.